The lowest BCUT2D eigenvalue weighted by atomic mass is 10.1. The van der Waals surface area contributed by atoms with Crippen molar-refractivity contribution < 1.29 is 9.53 Å². The number of hydrogen-bond acceptors (Lipinski definition) is 6. The number of aromatic amines is 1. The Bertz CT molecular complexity index is 603. The number of nitrogens with zero attached hydrogens (tertiary/aromatic N) is 3. The van der Waals surface area contributed by atoms with E-state index < -0.39 is 5.60 Å². The van der Waals surface area contributed by atoms with Gasteiger partial charge in [-0.25, -0.2) is 9.79 Å². The molecule has 1 unspecified atom stereocenters. The van der Waals surface area contributed by atoms with E-state index in [1.807, 2.05) is 20.8 Å². The molecule has 0 aromatic carbocycles. The van der Waals surface area contributed by atoms with Gasteiger partial charge in [0.1, 0.15) is 23.9 Å². The van der Waals surface area contributed by atoms with Crippen LogP contribution in [0.15, 0.2) is 11.2 Å². The molecule has 3 rings (SSSR count). The van der Waals surface area contributed by atoms with E-state index in [9.17, 15) is 4.79 Å². The van der Waals surface area contributed by atoms with Gasteiger partial charge in [-0.1, -0.05) is 0 Å². The summed E-state index contributed by atoms with van der Waals surface area (Å²) in [6, 6.07) is 0.163. The lowest BCUT2D eigenvalue weighted by molar-refractivity contribution is 0.0194. The van der Waals surface area contributed by atoms with Crippen molar-refractivity contribution in [1.82, 2.24) is 20.4 Å². The second kappa shape index (κ2) is 6.10. The van der Waals surface area contributed by atoms with Crippen LogP contribution in [-0.4, -0.2) is 58.4 Å². The molecular weight excluding hydrogens is 296 g/mol. The maximum Gasteiger partial charge on any atom is 0.410 e. The molecule has 0 bridgehead atoms. The number of carbonyl (C=O) groups excluding carboxylic acids is 1. The minimum atomic E-state index is -0.470. The first-order valence-corrected chi connectivity index (χ1v) is 7.99. The van der Waals surface area contributed by atoms with Crippen LogP contribution in [0.25, 0.3) is 0 Å². The molecule has 1 aromatic heterocycles. The Hall–Kier alpha value is -2.25. The molecule has 1 atom stereocenters. The van der Waals surface area contributed by atoms with Crippen LogP contribution in [0.1, 0.15) is 39.2 Å². The van der Waals surface area contributed by atoms with E-state index in [2.05, 4.69) is 25.8 Å². The van der Waals surface area contributed by atoms with E-state index in [0.29, 0.717) is 13.2 Å². The summed E-state index contributed by atoms with van der Waals surface area (Å²) in [5.41, 5.74) is 0.466. The summed E-state index contributed by atoms with van der Waals surface area (Å²) in [5, 5.41) is 13.5. The Balaban J connectivity index is 1.61. The van der Waals surface area contributed by atoms with E-state index in [1.165, 1.54) is 0 Å². The first-order valence-electron chi connectivity index (χ1n) is 7.99. The summed E-state index contributed by atoms with van der Waals surface area (Å²) in [4.78, 5) is 18.5. The van der Waals surface area contributed by atoms with Crippen molar-refractivity contribution >= 4 is 17.7 Å². The second-order valence-corrected chi connectivity index (χ2v) is 6.91. The molecule has 0 spiro atoms. The fourth-order valence-electron chi connectivity index (χ4n) is 2.79. The highest BCUT2D eigenvalue weighted by Crippen LogP contribution is 2.18. The molecule has 0 aliphatic carbocycles. The number of aromatic nitrogens is 2. The van der Waals surface area contributed by atoms with Crippen LogP contribution in [0.4, 0.5) is 10.6 Å². The minimum Gasteiger partial charge on any atom is -0.444 e. The zero-order valence-electron chi connectivity index (χ0n) is 13.8. The highest BCUT2D eigenvalue weighted by atomic mass is 16.6. The van der Waals surface area contributed by atoms with Gasteiger partial charge in [0.05, 0.1) is 11.8 Å². The van der Waals surface area contributed by atoms with Crippen molar-refractivity contribution in [2.24, 2.45) is 4.99 Å². The summed E-state index contributed by atoms with van der Waals surface area (Å²) in [5.74, 6) is 1.70. The first-order chi connectivity index (χ1) is 10.9. The minimum absolute atomic E-state index is 0.163. The van der Waals surface area contributed by atoms with Crippen molar-refractivity contribution in [2.75, 3.05) is 25.1 Å². The molecule has 0 radical (unpaired) electrons. The summed E-state index contributed by atoms with van der Waals surface area (Å²) in [6.07, 6.45) is 3.45. The fraction of sp³-hybridized carbons (Fsp3) is 0.667. The quantitative estimate of drug-likeness (QED) is 0.729. The highest BCUT2D eigenvalue weighted by molar-refractivity contribution is 6.03. The number of rotatable bonds is 1. The molecule has 1 fully saturated rings. The third kappa shape index (κ3) is 3.75. The van der Waals surface area contributed by atoms with Gasteiger partial charge in [0.2, 0.25) is 0 Å². The number of nitrogens with one attached hydrogen (secondary N) is 3. The molecule has 3 heterocycles. The van der Waals surface area contributed by atoms with Crippen LogP contribution in [0.5, 0.6) is 0 Å². The predicted octanol–water partition coefficient (Wildman–Crippen LogP) is 1.53. The summed E-state index contributed by atoms with van der Waals surface area (Å²) in [6.45, 7) is 7.52. The van der Waals surface area contributed by atoms with E-state index in [4.69, 9.17) is 4.74 Å². The van der Waals surface area contributed by atoms with E-state index in [1.54, 1.807) is 11.1 Å². The Morgan fingerprint density at radius 2 is 2.30 bits per heavy atom. The number of carbonyl (C=O) groups is 1. The van der Waals surface area contributed by atoms with Crippen molar-refractivity contribution in [2.45, 2.75) is 45.3 Å². The summed E-state index contributed by atoms with van der Waals surface area (Å²) < 4.78 is 5.46. The van der Waals surface area contributed by atoms with Gasteiger partial charge in [0.15, 0.2) is 0 Å². The van der Waals surface area contributed by atoms with Gasteiger partial charge < -0.3 is 20.3 Å². The normalized spacial score (nSPS) is 21.1. The summed E-state index contributed by atoms with van der Waals surface area (Å²) in [7, 11) is 0. The smallest absolute Gasteiger partial charge is 0.410 e. The van der Waals surface area contributed by atoms with E-state index in [-0.39, 0.29) is 12.1 Å². The topological polar surface area (TPSA) is 94.6 Å². The van der Waals surface area contributed by atoms with Gasteiger partial charge >= 0.3 is 6.09 Å². The number of likely N-dealkylation sites (tertiary alicyclic amines) is 1. The Morgan fingerprint density at radius 1 is 1.48 bits per heavy atom. The van der Waals surface area contributed by atoms with Crippen LogP contribution in [0, 0.1) is 0 Å². The molecule has 23 heavy (non-hydrogen) atoms. The van der Waals surface area contributed by atoms with Gasteiger partial charge in [-0.15, -0.1) is 0 Å². The molecular formula is C15H24N6O2. The zero-order chi connectivity index (χ0) is 16.4. The van der Waals surface area contributed by atoms with Crippen LogP contribution < -0.4 is 10.6 Å². The molecule has 2 aliphatic rings. The number of ether oxygens (including phenoxy) is 1. The summed E-state index contributed by atoms with van der Waals surface area (Å²) >= 11 is 0. The van der Waals surface area contributed by atoms with Gasteiger partial charge in [0.25, 0.3) is 0 Å². The van der Waals surface area contributed by atoms with Gasteiger partial charge in [-0.05, 0) is 33.6 Å². The van der Waals surface area contributed by atoms with Crippen molar-refractivity contribution in [3.05, 3.63) is 11.8 Å². The second-order valence-electron chi connectivity index (χ2n) is 6.91. The number of anilines is 1. The van der Waals surface area contributed by atoms with Crippen LogP contribution in [0.3, 0.4) is 0 Å². The number of hydrogen-bond donors (Lipinski definition) is 3. The molecule has 3 N–H and O–H groups in total. The predicted molar refractivity (Wildman–Crippen MR) is 87.6 cm³/mol. The molecule has 1 saturated heterocycles. The lowest BCUT2D eigenvalue weighted by Crippen LogP contribution is -2.51. The molecule has 126 valence electrons. The van der Waals surface area contributed by atoms with Crippen LogP contribution >= 0.6 is 0 Å². The van der Waals surface area contributed by atoms with Crippen molar-refractivity contribution in [3.8, 4) is 0 Å². The van der Waals surface area contributed by atoms with Crippen molar-refractivity contribution in [3.63, 3.8) is 0 Å². The van der Waals surface area contributed by atoms with E-state index in [0.717, 1.165) is 36.6 Å². The SMILES string of the molecule is CC(C)(C)OC(=O)N1CCCC(NC2=NCNc3[nH]ncc32)C1. The molecule has 1 amide bonds. The van der Waals surface area contributed by atoms with Crippen LogP contribution in [-0.2, 0) is 4.74 Å². The monoisotopic (exact) mass is 320 g/mol. The first kappa shape index (κ1) is 15.6. The number of amides is 1. The van der Waals surface area contributed by atoms with Gasteiger partial charge in [0, 0.05) is 19.1 Å². The molecule has 2 aliphatic heterocycles. The zero-order valence-corrected chi connectivity index (χ0v) is 13.8. The maximum absolute atomic E-state index is 12.2. The Labute approximate surface area is 135 Å². The largest absolute Gasteiger partial charge is 0.444 e. The van der Waals surface area contributed by atoms with E-state index >= 15 is 0 Å². The molecule has 0 saturated carbocycles. The number of fused-ring (bicyclic) bond motifs is 1. The highest BCUT2D eigenvalue weighted by Gasteiger charge is 2.29. The maximum atomic E-state index is 12.2. The fourth-order valence-corrected chi connectivity index (χ4v) is 2.79. The average Bonchev–Trinajstić information content (AvgIpc) is 2.95. The number of aliphatic imine (C=N–C) groups is 1. The third-order valence-electron chi connectivity index (χ3n) is 3.80. The molecule has 1 aromatic rings. The molecule has 8 nitrogen and oxygen atoms in total. The average molecular weight is 320 g/mol. The number of H-pyrrole nitrogens is 1. The number of amidine groups is 1. The van der Waals surface area contributed by atoms with Gasteiger partial charge in [-0.2, -0.15) is 5.10 Å². The standard InChI is InChI=1S/C15H24N6O2/c1-15(2,3)23-14(22)21-6-4-5-10(8-21)19-12-11-7-18-20-13(11)17-9-16-12/h7,10H,4-6,8-9H2,1-3H3,(H,16,19)(H2,17,18,20). The van der Waals surface area contributed by atoms with Crippen molar-refractivity contribution in [1.29, 1.82) is 0 Å². The Morgan fingerprint density at radius 3 is 3.09 bits per heavy atom. The van der Waals surface area contributed by atoms with Gasteiger partial charge in [-0.3, -0.25) is 5.10 Å². The van der Waals surface area contributed by atoms with Crippen LogP contribution in [0.2, 0.25) is 0 Å². The molecule has 8 heteroatoms. The third-order valence-corrected chi connectivity index (χ3v) is 3.80. The number of piperidine rings is 1. The lowest BCUT2D eigenvalue weighted by Gasteiger charge is -2.35. The Kier molecular flexibility index (Phi) is 4.14.